The Balaban J connectivity index is 1.66. The molecule has 0 radical (unpaired) electrons. The first kappa shape index (κ1) is 17.5. The molecule has 1 atom stereocenters. The van der Waals surface area contributed by atoms with Crippen molar-refractivity contribution in [2.45, 2.75) is 37.7 Å². The van der Waals surface area contributed by atoms with Gasteiger partial charge >= 0.3 is 0 Å². The topological polar surface area (TPSA) is 57.6 Å². The van der Waals surface area contributed by atoms with Crippen molar-refractivity contribution in [3.63, 3.8) is 0 Å². The van der Waals surface area contributed by atoms with Crippen LogP contribution in [0.2, 0.25) is 0 Å². The molecule has 1 N–H and O–H groups in total. The van der Waals surface area contributed by atoms with Crippen molar-refractivity contribution in [1.82, 2.24) is 0 Å². The maximum Gasteiger partial charge on any atom is 0.265 e. The molecule has 0 unspecified atom stereocenters. The number of para-hydroxylation sites is 1. The van der Waals surface area contributed by atoms with Crippen LogP contribution in [0.4, 0.5) is 5.69 Å². The molecule has 1 amide bonds. The van der Waals surface area contributed by atoms with Crippen molar-refractivity contribution in [3.05, 3.63) is 64.7 Å². The lowest BCUT2D eigenvalue weighted by Gasteiger charge is -2.22. The second kappa shape index (κ2) is 6.68. The van der Waals surface area contributed by atoms with E-state index in [0.717, 1.165) is 19.3 Å². The average Bonchev–Trinajstić information content (AvgIpc) is 2.90. The molecule has 4 heteroatoms. The summed E-state index contributed by atoms with van der Waals surface area (Å²) in [5.74, 6) is 1.67. The zero-order chi connectivity index (χ0) is 19.0. The molecular formula is C23H21NO3. The number of rotatable bonds is 4. The van der Waals surface area contributed by atoms with E-state index >= 15 is 0 Å². The Kier molecular flexibility index (Phi) is 4.33. The van der Waals surface area contributed by atoms with Crippen molar-refractivity contribution >= 4 is 17.4 Å². The Morgan fingerprint density at radius 3 is 2.67 bits per heavy atom. The predicted molar refractivity (Wildman–Crippen MR) is 104 cm³/mol. The second-order valence-corrected chi connectivity index (χ2v) is 7.26. The predicted octanol–water partition coefficient (Wildman–Crippen LogP) is 3.01. The highest BCUT2D eigenvalue weighted by molar-refractivity contribution is 6.11. The first-order valence-electron chi connectivity index (χ1n) is 9.27. The van der Waals surface area contributed by atoms with Gasteiger partial charge in [-0.25, -0.2) is 0 Å². The van der Waals surface area contributed by atoms with E-state index in [2.05, 4.69) is 5.92 Å². The van der Waals surface area contributed by atoms with E-state index in [1.54, 1.807) is 30.3 Å². The van der Waals surface area contributed by atoms with E-state index in [9.17, 15) is 14.7 Å². The zero-order valence-corrected chi connectivity index (χ0v) is 15.1. The number of aliphatic hydroxyl groups is 1. The monoisotopic (exact) mass is 359 g/mol. The van der Waals surface area contributed by atoms with Crippen LogP contribution in [0.25, 0.3) is 0 Å². The molecule has 27 heavy (non-hydrogen) atoms. The quantitative estimate of drug-likeness (QED) is 0.674. The van der Waals surface area contributed by atoms with Gasteiger partial charge in [0, 0.05) is 11.1 Å². The summed E-state index contributed by atoms with van der Waals surface area (Å²) in [5.41, 5.74) is 2.17. The number of carbonyl (C=O) groups excluding carboxylic acids is 2. The number of ketones is 1. The fourth-order valence-electron chi connectivity index (χ4n) is 4.17. The minimum absolute atomic E-state index is 0.0607. The summed E-state index contributed by atoms with van der Waals surface area (Å²) in [6, 6.07) is 12.7. The Morgan fingerprint density at radius 1 is 1.15 bits per heavy atom. The molecule has 2 aromatic rings. The van der Waals surface area contributed by atoms with E-state index < -0.39 is 11.5 Å². The molecule has 0 bridgehead atoms. The lowest BCUT2D eigenvalue weighted by Crippen LogP contribution is -2.42. The van der Waals surface area contributed by atoms with Gasteiger partial charge in [-0.3, -0.25) is 14.5 Å². The molecular weight excluding hydrogens is 338 g/mol. The van der Waals surface area contributed by atoms with E-state index in [0.29, 0.717) is 16.8 Å². The van der Waals surface area contributed by atoms with E-state index in [1.807, 2.05) is 12.1 Å². The van der Waals surface area contributed by atoms with E-state index in [4.69, 9.17) is 6.42 Å². The van der Waals surface area contributed by atoms with Gasteiger partial charge in [0.1, 0.15) is 0 Å². The summed E-state index contributed by atoms with van der Waals surface area (Å²) in [5, 5.41) is 11.2. The van der Waals surface area contributed by atoms with Gasteiger partial charge in [-0.15, -0.1) is 6.42 Å². The number of amides is 1. The highest BCUT2D eigenvalue weighted by Gasteiger charge is 2.50. The van der Waals surface area contributed by atoms with Crippen molar-refractivity contribution in [2.24, 2.45) is 0 Å². The molecule has 1 aliphatic carbocycles. The van der Waals surface area contributed by atoms with Gasteiger partial charge in [0.05, 0.1) is 18.7 Å². The van der Waals surface area contributed by atoms with Crippen LogP contribution >= 0.6 is 0 Å². The number of aryl methyl sites for hydroxylation is 2. The number of terminal acetylenes is 1. The third-order valence-corrected chi connectivity index (χ3v) is 5.58. The number of nitrogens with zero attached hydrogens (tertiary/aromatic N) is 1. The number of benzene rings is 2. The summed E-state index contributed by atoms with van der Waals surface area (Å²) >= 11 is 0. The number of carbonyl (C=O) groups is 2. The SMILES string of the molecule is C#CCN1C(=O)[C@@](O)(CC(=O)c2ccc3c(c2)CCCC3)c2ccccc21. The molecule has 2 aromatic carbocycles. The molecule has 136 valence electrons. The van der Waals surface area contributed by atoms with Crippen LogP contribution in [0, 0.1) is 12.3 Å². The summed E-state index contributed by atoms with van der Waals surface area (Å²) in [7, 11) is 0. The molecule has 0 saturated carbocycles. The van der Waals surface area contributed by atoms with Gasteiger partial charge < -0.3 is 5.11 Å². The highest BCUT2D eigenvalue weighted by Crippen LogP contribution is 2.42. The van der Waals surface area contributed by atoms with Crippen LogP contribution in [0.5, 0.6) is 0 Å². The lowest BCUT2D eigenvalue weighted by molar-refractivity contribution is -0.135. The number of anilines is 1. The van der Waals surface area contributed by atoms with Crippen LogP contribution in [-0.4, -0.2) is 23.3 Å². The van der Waals surface area contributed by atoms with Crippen LogP contribution in [0.1, 0.15) is 46.3 Å². The van der Waals surface area contributed by atoms with Gasteiger partial charge in [0.2, 0.25) is 0 Å². The summed E-state index contributed by atoms with van der Waals surface area (Å²) in [4.78, 5) is 27.2. The summed E-state index contributed by atoms with van der Waals surface area (Å²) in [6.45, 7) is 0.0607. The van der Waals surface area contributed by atoms with Crippen molar-refractivity contribution in [1.29, 1.82) is 0 Å². The molecule has 4 rings (SSSR count). The third kappa shape index (κ3) is 2.85. The lowest BCUT2D eigenvalue weighted by atomic mass is 9.85. The second-order valence-electron chi connectivity index (χ2n) is 7.26. The van der Waals surface area contributed by atoms with Crippen molar-refractivity contribution in [3.8, 4) is 12.3 Å². The highest BCUT2D eigenvalue weighted by atomic mass is 16.3. The molecule has 0 spiro atoms. The standard InChI is InChI=1S/C23H21NO3/c1-2-13-24-20-10-6-5-9-19(20)23(27,22(24)26)15-21(25)18-12-11-16-7-3-4-8-17(16)14-18/h1,5-6,9-12,14,27H,3-4,7-8,13,15H2/t23-/m1/s1. The van der Waals surface area contributed by atoms with Crippen molar-refractivity contribution in [2.75, 3.05) is 11.4 Å². The number of hydrogen-bond donors (Lipinski definition) is 1. The third-order valence-electron chi connectivity index (χ3n) is 5.58. The minimum atomic E-state index is -1.87. The van der Waals surface area contributed by atoms with Gasteiger partial charge in [-0.05, 0) is 48.9 Å². The minimum Gasteiger partial charge on any atom is -0.375 e. The molecule has 1 aliphatic heterocycles. The smallest absolute Gasteiger partial charge is 0.265 e. The molecule has 0 saturated heterocycles. The Bertz CT molecular complexity index is 972. The first-order valence-corrected chi connectivity index (χ1v) is 9.27. The molecule has 2 aliphatic rings. The fourth-order valence-corrected chi connectivity index (χ4v) is 4.17. The van der Waals surface area contributed by atoms with Crippen LogP contribution in [-0.2, 0) is 23.2 Å². The molecule has 0 aromatic heterocycles. The Morgan fingerprint density at radius 2 is 1.89 bits per heavy atom. The number of fused-ring (bicyclic) bond motifs is 2. The average molecular weight is 359 g/mol. The van der Waals surface area contributed by atoms with E-state index in [1.165, 1.54) is 22.4 Å². The molecule has 1 heterocycles. The van der Waals surface area contributed by atoms with Crippen LogP contribution in [0.15, 0.2) is 42.5 Å². The fraction of sp³-hybridized carbons (Fsp3) is 0.304. The first-order chi connectivity index (χ1) is 13.0. The van der Waals surface area contributed by atoms with E-state index in [-0.39, 0.29) is 18.7 Å². The Labute approximate surface area is 158 Å². The summed E-state index contributed by atoms with van der Waals surface area (Å²) < 4.78 is 0. The molecule has 4 nitrogen and oxygen atoms in total. The number of hydrogen-bond acceptors (Lipinski definition) is 3. The maximum atomic E-state index is 12.9. The van der Waals surface area contributed by atoms with Gasteiger partial charge in [0.25, 0.3) is 5.91 Å². The van der Waals surface area contributed by atoms with Crippen LogP contribution in [0.3, 0.4) is 0 Å². The maximum absolute atomic E-state index is 12.9. The van der Waals surface area contributed by atoms with Gasteiger partial charge in [-0.1, -0.05) is 36.3 Å². The van der Waals surface area contributed by atoms with Crippen molar-refractivity contribution < 1.29 is 14.7 Å². The van der Waals surface area contributed by atoms with Gasteiger partial charge in [-0.2, -0.15) is 0 Å². The number of Topliss-reactive ketones (excluding diaryl/α,β-unsaturated/α-hetero) is 1. The van der Waals surface area contributed by atoms with Gasteiger partial charge in [0.15, 0.2) is 11.4 Å². The molecule has 0 fully saturated rings. The zero-order valence-electron chi connectivity index (χ0n) is 15.1. The largest absolute Gasteiger partial charge is 0.375 e. The van der Waals surface area contributed by atoms with Crippen LogP contribution < -0.4 is 4.90 Å². The summed E-state index contributed by atoms with van der Waals surface area (Å²) in [6.07, 6.45) is 9.41. The normalized spacial score (nSPS) is 20.7. The Hall–Kier alpha value is -2.90.